The molecule has 3 aromatic carbocycles. The minimum Gasteiger partial charge on any atom is -0.497 e. The third-order valence-electron chi connectivity index (χ3n) is 4.55. The van der Waals surface area contributed by atoms with Crippen LogP contribution in [0.1, 0.15) is 16.7 Å². The predicted octanol–water partition coefficient (Wildman–Crippen LogP) is 6.54. The first-order chi connectivity index (χ1) is 15.4. The van der Waals surface area contributed by atoms with Gasteiger partial charge in [-0.05, 0) is 76.5 Å². The molecule has 1 amide bonds. The lowest BCUT2D eigenvalue weighted by Gasteiger charge is -2.12. The number of methoxy groups -OCH3 is 1. The minimum atomic E-state index is -0.524. The van der Waals surface area contributed by atoms with E-state index in [1.54, 1.807) is 43.5 Å². The van der Waals surface area contributed by atoms with Crippen LogP contribution in [-0.2, 0) is 11.4 Å². The van der Waals surface area contributed by atoms with Crippen LogP contribution in [-0.4, -0.2) is 13.0 Å². The zero-order valence-electron chi connectivity index (χ0n) is 17.5. The minimum absolute atomic E-state index is 0.0582. The second-order valence-corrected chi connectivity index (χ2v) is 8.20. The largest absolute Gasteiger partial charge is 0.497 e. The number of halogens is 2. The molecule has 0 heterocycles. The first-order valence-corrected chi connectivity index (χ1v) is 10.8. The third-order valence-corrected chi connectivity index (χ3v) is 5.42. The molecule has 32 heavy (non-hydrogen) atoms. The predicted molar refractivity (Wildman–Crippen MR) is 130 cm³/mol. The summed E-state index contributed by atoms with van der Waals surface area (Å²) >= 11 is 9.88. The topological polar surface area (TPSA) is 71.3 Å². The van der Waals surface area contributed by atoms with Gasteiger partial charge in [0.15, 0.2) is 5.75 Å². The molecule has 0 unspecified atom stereocenters. The van der Waals surface area contributed by atoms with Crippen LogP contribution in [0.15, 0.2) is 70.7 Å². The lowest BCUT2D eigenvalue weighted by atomic mass is 10.1. The summed E-state index contributed by atoms with van der Waals surface area (Å²) < 4.78 is 11.6. The normalized spacial score (nSPS) is 10.9. The van der Waals surface area contributed by atoms with E-state index in [0.717, 1.165) is 5.56 Å². The van der Waals surface area contributed by atoms with Gasteiger partial charge in [0.25, 0.3) is 5.91 Å². The van der Waals surface area contributed by atoms with Gasteiger partial charge < -0.3 is 14.8 Å². The summed E-state index contributed by atoms with van der Waals surface area (Å²) in [6, 6.07) is 20.2. The maximum absolute atomic E-state index is 12.5. The zero-order valence-corrected chi connectivity index (χ0v) is 19.8. The van der Waals surface area contributed by atoms with Crippen molar-refractivity contribution in [3.05, 3.63) is 92.4 Å². The van der Waals surface area contributed by atoms with Crippen molar-refractivity contribution in [3.63, 3.8) is 0 Å². The van der Waals surface area contributed by atoms with Gasteiger partial charge in [0.05, 0.1) is 16.6 Å². The van der Waals surface area contributed by atoms with Crippen LogP contribution in [0.2, 0.25) is 5.02 Å². The first kappa shape index (κ1) is 23.4. The summed E-state index contributed by atoms with van der Waals surface area (Å²) in [7, 11) is 1.56. The Morgan fingerprint density at radius 2 is 1.84 bits per heavy atom. The lowest BCUT2D eigenvalue weighted by Crippen LogP contribution is -2.13. The van der Waals surface area contributed by atoms with Crippen LogP contribution in [0.4, 0.5) is 5.69 Å². The summed E-state index contributed by atoms with van der Waals surface area (Å²) in [5, 5.41) is 12.5. The zero-order chi connectivity index (χ0) is 23.1. The van der Waals surface area contributed by atoms with Gasteiger partial charge in [-0.15, -0.1) is 0 Å². The van der Waals surface area contributed by atoms with Gasteiger partial charge in [-0.3, -0.25) is 4.79 Å². The van der Waals surface area contributed by atoms with Crippen LogP contribution in [0.25, 0.3) is 6.08 Å². The van der Waals surface area contributed by atoms with Crippen molar-refractivity contribution in [2.24, 2.45) is 0 Å². The fraction of sp³-hybridized carbons (Fsp3) is 0.120. The molecule has 3 rings (SSSR count). The SMILES string of the molecule is COc1ccc(NC(=O)/C(C#N)=C\c2cc(Cl)c(OCc3ccc(C)cc3)c(Br)c2)cc1. The number of rotatable bonds is 7. The maximum Gasteiger partial charge on any atom is 0.266 e. The first-order valence-electron chi connectivity index (χ1n) is 9.64. The van der Waals surface area contributed by atoms with Gasteiger partial charge in [-0.25, -0.2) is 0 Å². The van der Waals surface area contributed by atoms with E-state index in [0.29, 0.717) is 38.9 Å². The Labute approximate surface area is 200 Å². The van der Waals surface area contributed by atoms with E-state index in [4.69, 9.17) is 21.1 Å². The number of carbonyl (C=O) groups is 1. The van der Waals surface area contributed by atoms with Crippen molar-refractivity contribution < 1.29 is 14.3 Å². The Hall–Kier alpha value is -3.27. The molecule has 0 radical (unpaired) electrons. The third kappa shape index (κ3) is 6.13. The number of hydrogen-bond acceptors (Lipinski definition) is 4. The Balaban J connectivity index is 1.74. The van der Waals surface area contributed by atoms with Gasteiger partial charge in [-0.1, -0.05) is 41.4 Å². The van der Waals surface area contributed by atoms with Crippen molar-refractivity contribution >= 4 is 45.2 Å². The standard InChI is InChI=1S/C25H20BrClN2O3/c1-16-3-5-17(6-4-16)15-32-24-22(26)12-18(13-23(24)27)11-19(14-28)25(30)29-20-7-9-21(31-2)10-8-20/h3-13H,15H2,1-2H3,(H,29,30)/b19-11-. The van der Waals surface area contributed by atoms with Crippen LogP contribution < -0.4 is 14.8 Å². The summed E-state index contributed by atoms with van der Waals surface area (Å²) in [5.41, 5.74) is 3.28. The average Bonchev–Trinajstić information content (AvgIpc) is 2.78. The van der Waals surface area contributed by atoms with E-state index in [-0.39, 0.29) is 5.57 Å². The molecule has 0 fully saturated rings. The Kier molecular flexibility index (Phi) is 7.93. The molecule has 7 heteroatoms. The number of carbonyl (C=O) groups excluding carboxylic acids is 1. The molecule has 0 spiro atoms. The van der Waals surface area contributed by atoms with Gasteiger partial charge in [0.1, 0.15) is 24.0 Å². The Morgan fingerprint density at radius 1 is 1.16 bits per heavy atom. The molecular weight excluding hydrogens is 492 g/mol. The number of hydrogen-bond donors (Lipinski definition) is 1. The number of ether oxygens (including phenoxy) is 2. The molecule has 0 aliphatic rings. The van der Waals surface area contributed by atoms with Gasteiger partial charge in [-0.2, -0.15) is 5.26 Å². The van der Waals surface area contributed by atoms with Gasteiger partial charge in [0, 0.05) is 5.69 Å². The highest BCUT2D eigenvalue weighted by atomic mass is 79.9. The van der Waals surface area contributed by atoms with E-state index in [1.165, 1.54) is 11.6 Å². The summed E-state index contributed by atoms with van der Waals surface area (Å²) in [6.07, 6.45) is 1.47. The van der Waals surface area contributed by atoms with Gasteiger partial charge in [0.2, 0.25) is 0 Å². The molecule has 0 bridgehead atoms. The number of nitrogens with zero attached hydrogens (tertiary/aromatic N) is 1. The summed E-state index contributed by atoms with van der Waals surface area (Å²) in [6.45, 7) is 2.39. The molecule has 0 saturated carbocycles. The molecular formula is C25H20BrClN2O3. The fourth-order valence-electron chi connectivity index (χ4n) is 2.83. The quantitative estimate of drug-likeness (QED) is 0.289. The second kappa shape index (κ2) is 10.9. The molecule has 0 aliphatic heterocycles. The molecule has 0 atom stereocenters. The number of aryl methyl sites for hydroxylation is 1. The average molecular weight is 512 g/mol. The number of nitrogens with one attached hydrogen (secondary N) is 1. The van der Waals surface area contributed by atoms with E-state index >= 15 is 0 Å². The molecule has 0 aromatic heterocycles. The van der Waals surface area contributed by atoms with E-state index < -0.39 is 5.91 Å². The number of nitriles is 1. The van der Waals surface area contributed by atoms with Crippen molar-refractivity contribution in [2.75, 3.05) is 12.4 Å². The maximum atomic E-state index is 12.5. The van der Waals surface area contributed by atoms with Crippen LogP contribution in [0.3, 0.4) is 0 Å². The van der Waals surface area contributed by atoms with E-state index in [9.17, 15) is 10.1 Å². The molecule has 162 valence electrons. The fourth-order valence-corrected chi connectivity index (χ4v) is 3.82. The van der Waals surface area contributed by atoms with Gasteiger partial charge >= 0.3 is 0 Å². The highest BCUT2D eigenvalue weighted by Gasteiger charge is 2.13. The van der Waals surface area contributed by atoms with Crippen LogP contribution in [0, 0.1) is 18.3 Å². The Morgan fingerprint density at radius 3 is 2.44 bits per heavy atom. The molecule has 1 N–H and O–H groups in total. The van der Waals surface area contributed by atoms with E-state index in [2.05, 4.69) is 21.2 Å². The van der Waals surface area contributed by atoms with Crippen molar-refractivity contribution in [3.8, 4) is 17.6 Å². The smallest absolute Gasteiger partial charge is 0.266 e. The monoisotopic (exact) mass is 510 g/mol. The molecule has 5 nitrogen and oxygen atoms in total. The lowest BCUT2D eigenvalue weighted by molar-refractivity contribution is -0.112. The second-order valence-electron chi connectivity index (χ2n) is 6.94. The summed E-state index contributed by atoms with van der Waals surface area (Å²) in [5.74, 6) is 0.637. The molecule has 0 aliphatic carbocycles. The highest BCUT2D eigenvalue weighted by Crippen LogP contribution is 2.35. The van der Waals surface area contributed by atoms with Crippen molar-refractivity contribution in [1.29, 1.82) is 5.26 Å². The highest BCUT2D eigenvalue weighted by molar-refractivity contribution is 9.10. The number of amides is 1. The van der Waals surface area contributed by atoms with Crippen LogP contribution in [0.5, 0.6) is 11.5 Å². The molecule has 0 saturated heterocycles. The number of benzene rings is 3. The van der Waals surface area contributed by atoms with E-state index in [1.807, 2.05) is 37.3 Å². The van der Waals surface area contributed by atoms with Crippen LogP contribution >= 0.6 is 27.5 Å². The Bertz CT molecular complexity index is 1160. The molecule has 3 aromatic rings. The van der Waals surface area contributed by atoms with Crippen molar-refractivity contribution in [2.45, 2.75) is 13.5 Å². The summed E-state index contributed by atoms with van der Waals surface area (Å²) in [4.78, 5) is 12.5. The van der Waals surface area contributed by atoms with Crippen molar-refractivity contribution in [1.82, 2.24) is 0 Å². The number of anilines is 1.